The van der Waals surface area contributed by atoms with Crippen molar-refractivity contribution >= 4 is 0 Å². The van der Waals surface area contributed by atoms with E-state index >= 15 is 0 Å². The van der Waals surface area contributed by atoms with Crippen LogP contribution in [0.5, 0.6) is 0 Å². The van der Waals surface area contributed by atoms with E-state index in [4.69, 9.17) is 4.74 Å². The van der Waals surface area contributed by atoms with Gasteiger partial charge in [-0.3, -0.25) is 0 Å². The lowest BCUT2D eigenvalue weighted by molar-refractivity contribution is 0.0680. The summed E-state index contributed by atoms with van der Waals surface area (Å²) in [6.45, 7) is 5.97. The van der Waals surface area contributed by atoms with Gasteiger partial charge in [-0.25, -0.2) is 0 Å². The molecule has 2 heteroatoms. The molecule has 0 aliphatic carbocycles. The molecule has 0 fully saturated rings. The van der Waals surface area contributed by atoms with E-state index in [0.717, 1.165) is 13.2 Å². The van der Waals surface area contributed by atoms with Crippen molar-refractivity contribution in [3.05, 3.63) is 70.8 Å². The Kier molecular flexibility index (Phi) is 5.54. The van der Waals surface area contributed by atoms with Gasteiger partial charge in [0.2, 0.25) is 0 Å². The summed E-state index contributed by atoms with van der Waals surface area (Å²) in [7, 11) is 4.14. The average Bonchev–Trinajstić information content (AvgIpc) is 2.46. The maximum absolute atomic E-state index is 6.25. The predicted molar refractivity (Wildman–Crippen MR) is 88.7 cm³/mol. The molecule has 0 aromatic heterocycles. The SMILES string of the molecule is Cc1cccc(C)c1C(OCCN(C)C)c1ccccc1. The number of aryl methyl sites for hydroxylation is 2. The maximum atomic E-state index is 6.25. The van der Waals surface area contributed by atoms with Gasteiger partial charge in [0, 0.05) is 6.54 Å². The third-order valence-corrected chi connectivity index (χ3v) is 3.73. The highest BCUT2D eigenvalue weighted by atomic mass is 16.5. The zero-order valence-electron chi connectivity index (χ0n) is 13.5. The Balaban J connectivity index is 2.32. The van der Waals surface area contributed by atoms with E-state index in [0.29, 0.717) is 0 Å². The number of ether oxygens (including phenoxy) is 1. The van der Waals surface area contributed by atoms with Crippen molar-refractivity contribution in [2.24, 2.45) is 0 Å². The Morgan fingerprint density at radius 3 is 2.10 bits per heavy atom. The quantitative estimate of drug-likeness (QED) is 0.795. The molecule has 21 heavy (non-hydrogen) atoms. The maximum Gasteiger partial charge on any atom is 0.108 e. The summed E-state index contributed by atoms with van der Waals surface area (Å²) in [6, 6.07) is 16.9. The molecule has 0 saturated carbocycles. The molecule has 0 heterocycles. The minimum absolute atomic E-state index is 0.00681. The van der Waals surface area contributed by atoms with E-state index in [2.05, 4.69) is 75.3 Å². The summed E-state index contributed by atoms with van der Waals surface area (Å²) in [5, 5.41) is 0. The van der Waals surface area contributed by atoms with E-state index in [1.54, 1.807) is 0 Å². The van der Waals surface area contributed by atoms with Gasteiger partial charge in [-0.15, -0.1) is 0 Å². The number of likely N-dealkylation sites (N-methyl/N-ethyl adjacent to an activating group) is 1. The van der Waals surface area contributed by atoms with Crippen LogP contribution in [0.2, 0.25) is 0 Å². The highest BCUT2D eigenvalue weighted by molar-refractivity contribution is 5.40. The molecule has 112 valence electrons. The summed E-state index contributed by atoms with van der Waals surface area (Å²) in [4.78, 5) is 2.15. The van der Waals surface area contributed by atoms with Crippen molar-refractivity contribution in [1.29, 1.82) is 0 Å². The zero-order chi connectivity index (χ0) is 15.2. The molecule has 0 aliphatic heterocycles. The van der Waals surface area contributed by atoms with Crippen molar-refractivity contribution in [3.63, 3.8) is 0 Å². The van der Waals surface area contributed by atoms with Crippen molar-refractivity contribution in [3.8, 4) is 0 Å². The largest absolute Gasteiger partial charge is 0.367 e. The highest BCUT2D eigenvalue weighted by Crippen LogP contribution is 2.30. The number of benzene rings is 2. The molecule has 2 rings (SSSR count). The van der Waals surface area contributed by atoms with Crippen molar-refractivity contribution in [2.75, 3.05) is 27.2 Å². The smallest absolute Gasteiger partial charge is 0.108 e. The third kappa shape index (κ3) is 4.16. The summed E-state index contributed by atoms with van der Waals surface area (Å²) >= 11 is 0. The predicted octanol–water partition coefficient (Wildman–Crippen LogP) is 3.97. The highest BCUT2D eigenvalue weighted by Gasteiger charge is 2.18. The Bertz CT molecular complexity index is 543. The number of hydrogen-bond acceptors (Lipinski definition) is 2. The second-order valence-corrected chi connectivity index (χ2v) is 5.77. The molecule has 2 aromatic carbocycles. The number of rotatable bonds is 6. The molecular formula is C19H25NO. The Morgan fingerprint density at radius 1 is 0.905 bits per heavy atom. The molecule has 0 N–H and O–H groups in total. The van der Waals surface area contributed by atoms with Crippen LogP contribution in [-0.4, -0.2) is 32.1 Å². The second kappa shape index (κ2) is 7.39. The van der Waals surface area contributed by atoms with E-state index in [1.165, 1.54) is 22.3 Å². The molecule has 2 nitrogen and oxygen atoms in total. The van der Waals surface area contributed by atoms with Crippen LogP contribution in [0.1, 0.15) is 28.4 Å². The van der Waals surface area contributed by atoms with Gasteiger partial charge < -0.3 is 9.64 Å². The Morgan fingerprint density at radius 2 is 1.52 bits per heavy atom. The van der Waals surface area contributed by atoms with Crippen molar-refractivity contribution in [2.45, 2.75) is 20.0 Å². The van der Waals surface area contributed by atoms with Gasteiger partial charge in [-0.05, 0) is 50.2 Å². The summed E-state index contributed by atoms with van der Waals surface area (Å²) < 4.78 is 6.25. The molecule has 0 bridgehead atoms. The van der Waals surface area contributed by atoms with Crippen LogP contribution in [-0.2, 0) is 4.74 Å². The number of nitrogens with zero attached hydrogens (tertiary/aromatic N) is 1. The van der Waals surface area contributed by atoms with E-state index < -0.39 is 0 Å². The van der Waals surface area contributed by atoms with Gasteiger partial charge in [0.25, 0.3) is 0 Å². The summed E-state index contributed by atoms with van der Waals surface area (Å²) in [5.41, 5.74) is 5.08. The Labute approximate surface area is 128 Å². The summed E-state index contributed by atoms with van der Waals surface area (Å²) in [6.07, 6.45) is 0.00681. The molecule has 0 aliphatic rings. The van der Waals surface area contributed by atoms with E-state index in [1.807, 2.05) is 6.07 Å². The van der Waals surface area contributed by atoms with Crippen LogP contribution in [0.25, 0.3) is 0 Å². The van der Waals surface area contributed by atoms with Gasteiger partial charge in [-0.2, -0.15) is 0 Å². The molecule has 1 atom stereocenters. The monoisotopic (exact) mass is 283 g/mol. The third-order valence-electron chi connectivity index (χ3n) is 3.73. The molecule has 0 amide bonds. The molecular weight excluding hydrogens is 258 g/mol. The van der Waals surface area contributed by atoms with Crippen LogP contribution < -0.4 is 0 Å². The standard InChI is InChI=1S/C19H25NO/c1-15-9-8-10-16(2)18(15)19(21-14-13-20(3)4)17-11-6-5-7-12-17/h5-12,19H,13-14H2,1-4H3. The lowest BCUT2D eigenvalue weighted by Gasteiger charge is -2.23. The van der Waals surface area contributed by atoms with Crippen LogP contribution in [0.4, 0.5) is 0 Å². The topological polar surface area (TPSA) is 12.5 Å². The van der Waals surface area contributed by atoms with Gasteiger partial charge in [0.15, 0.2) is 0 Å². The Hall–Kier alpha value is -1.64. The van der Waals surface area contributed by atoms with Crippen LogP contribution >= 0.6 is 0 Å². The second-order valence-electron chi connectivity index (χ2n) is 5.77. The van der Waals surface area contributed by atoms with Crippen LogP contribution in [0.15, 0.2) is 48.5 Å². The normalized spacial score (nSPS) is 12.6. The van der Waals surface area contributed by atoms with E-state index in [9.17, 15) is 0 Å². The van der Waals surface area contributed by atoms with Gasteiger partial charge in [0.1, 0.15) is 6.10 Å². The number of hydrogen-bond donors (Lipinski definition) is 0. The lowest BCUT2D eigenvalue weighted by Crippen LogP contribution is -2.20. The molecule has 0 radical (unpaired) electrons. The van der Waals surface area contributed by atoms with Crippen LogP contribution in [0, 0.1) is 13.8 Å². The first kappa shape index (κ1) is 15.7. The van der Waals surface area contributed by atoms with Gasteiger partial charge >= 0.3 is 0 Å². The minimum Gasteiger partial charge on any atom is -0.367 e. The fourth-order valence-electron chi connectivity index (χ4n) is 2.57. The van der Waals surface area contributed by atoms with Crippen molar-refractivity contribution in [1.82, 2.24) is 4.90 Å². The van der Waals surface area contributed by atoms with Crippen LogP contribution in [0.3, 0.4) is 0 Å². The molecule has 1 unspecified atom stereocenters. The molecule has 2 aromatic rings. The first-order valence-corrected chi connectivity index (χ1v) is 7.47. The molecule has 0 spiro atoms. The van der Waals surface area contributed by atoms with E-state index in [-0.39, 0.29) is 6.10 Å². The summed E-state index contributed by atoms with van der Waals surface area (Å²) in [5.74, 6) is 0. The fraction of sp³-hybridized carbons (Fsp3) is 0.368. The van der Waals surface area contributed by atoms with Gasteiger partial charge in [0.05, 0.1) is 6.61 Å². The van der Waals surface area contributed by atoms with Gasteiger partial charge in [-0.1, -0.05) is 48.5 Å². The first-order chi connectivity index (χ1) is 10.1. The minimum atomic E-state index is 0.00681. The first-order valence-electron chi connectivity index (χ1n) is 7.47. The zero-order valence-corrected chi connectivity index (χ0v) is 13.5. The average molecular weight is 283 g/mol. The lowest BCUT2D eigenvalue weighted by atomic mass is 9.93. The van der Waals surface area contributed by atoms with Crippen molar-refractivity contribution < 1.29 is 4.74 Å². The fourth-order valence-corrected chi connectivity index (χ4v) is 2.57. The molecule has 0 saturated heterocycles.